The molecule has 0 bridgehead atoms. The molecule has 0 aliphatic rings. The molecule has 0 aromatic rings. The van der Waals surface area contributed by atoms with Crippen molar-refractivity contribution in [2.45, 2.75) is 297 Å². The molecule has 0 rings (SSSR count). The van der Waals surface area contributed by atoms with Gasteiger partial charge in [0.1, 0.15) is 0 Å². The molecule has 0 fully saturated rings. The number of hydrogen-bond acceptors (Lipinski definition) is 0. The Hall–Kier alpha value is 1.60. The zero-order valence-corrected chi connectivity index (χ0v) is 38.0. The molecule has 0 saturated carbocycles. The van der Waals surface area contributed by atoms with Crippen molar-refractivity contribution in [1.29, 1.82) is 0 Å². The van der Waals surface area contributed by atoms with Gasteiger partial charge in [-0.25, -0.2) is 0 Å². The second-order valence-electron chi connectivity index (χ2n) is 15.9. The second kappa shape index (κ2) is 46.6. The fraction of sp³-hybridized carbons (Fsp3) is 1.00. The summed E-state index contributed by atoms with van der Waals surface area (Å²) in [5, 5.41) is 5.74. The van der Waals surface area contributed by atoms with Crippen molar-refractivity contribution in [2.24, 2.45) is 0 Å². The van der Waals surface area contributed by atoms with Crippen LogP contribution in [0.1, 0.15) is 285 Å². The van der Waals surface area contributed by atoms with Crippen LogP contribution in [0.15, 0.2) is 0 Å². The fourth-order valence-electron chi connectivity index (χ4n) is 7.65. The van der Waals surface area contributed by atoms with E-state index in [2.05, 4.69) is 27.7 Å². The van der Waals surface area contributed by atoms with E-state index >= 15 is 0 Å². The van der Waals surface area contributed by atoms with E-state index in [4.69, 9.17) is 5.32 Å². The van der Waals surface area contributed by atoms with E-state index in [-0.39, 0.29) is 51.4 Å². The van der Waals surface area contributed by atoms with Gasteiger partial charge in [-0.2, -0.15) is 0 Å². The van der Waals surface area contributed by atoms with E-state index < -0.39 is 0 Å². The van der Waals surface area contributed by atoms with Gasteiger partial charge in [0, 0.05) is 0 Å². The quantitative estimate of drug-likeness (QED) is 0.0445. The van der Waals surface area contributed by atoms with Gasteiger partial charge in [-0.15, -0.1) is 12.1 Å². The van der Waals surface area contributed by atoms with Crippen LogP contribution in [0.5, 0.6) is 0 Å². The summed E-state index contributed by atoms with van der Waals surface area (Å²) in [4.78, 5) is 0. The standard InChI is InChI=1S/C46H94N.K/c1-5-9-13-17-21-23-25-27-31-35-39-43-45(41-37-33-29-19-15-11-7-3)47-46(42-38-34-30-20-16-12-8-4)44-40-36-32-28-26-24-22-18-14-10-6-2;/h45-46H,5-44H2,1-4H3;/q-1;+1. The molecule has 284 valence electrons. The minimum atomic E-state index is 0. The Bertz CT molecular complexity index is 490. The summed E-state index contributed by atoms with van der Waals surface area (Å²) < 4.78 is 0. The van der Waals surface area contributed by atoms with E-state index in [1.165, 1.54) is 257 Å². The summed E-state index contributed by atoms with van der Waals surface area (Å²) in [6.07, 6.45) is 57.3. The van der Waals surface area contributed by atoms with Gasteiger partial charge < -0.3 is 5.32 Å². The van der Waals surface area contributed by atoms with Crippen molar-refractivity contribution in [3.05, 3.63) is 5.32 Å². The summed E-state index contributed by atoms with van der Waals surface area (Å²) in [7, 11) is 0. The van der Waals surface area contributed by atoms with Gasteiger partial charge in [-0.05, 0) is 0 Å². The Labute approximate surface area is 350 Å². The molecule has 0 spiro atoms. The number of unbranched alkanes of at least 4 members (excludes halogenated alkanes) is 32. The third-order valence-corrected chi connectivity index (χ3v) is 11.0. The molecule has 0 aromatic carbocycles. The summed E-state index contributed by atoms with van der Waals surface area (Å²) >= 11 is 0. The van der Waals surface area contributed by atoms with Crippen molar-refractivity contribution in [1.82, 2.24) is 0 Å². The van der Waals surface area contributed by atoms with E-state index in [0.29, 0.717) is 12.1 Å². The Morgan fingerprint density at radius 3 is 0.542 bits per heavy atom. The first kappa shape index (κ1) is 51.7. The molecule has 0 saturated heterocycles. The van der Waals surface area contributed by atoms with Crippen LogP contribution < -0.4 is 51.4 Å². The van der Waals surface area contributed by atoms with E-state index in [0.717, 1.165) is 0 Å². The monoisotopic (exact) mass is 700 g/mol. The maximum absolute atomic E-state index is 5.74. The zero-order valence-electron chi connectivity index (χ0n) is 34.9. The molecule has 0 aromatic heterocycles. The molecular formula is C46H94KN. The number of hydrogen-bond donors (Lipinski definition) is 0. The number of nitrogens with zero attached hydrogens (tertiary/aromatic N) is 1. The van der Waals surface area contributed by atoms with Gasteiger partial charge in [0.2, 0.25) is 0 Å². The van der Waals surface area contributed by atoms with Gasteiger partial charge in [-0.3, -0.25) is 0 Å². The van der Waals surface area contributed by atoms with Crippen molar-refractivity contribution >= 4 is 0 Å². The third kappa shape index (κ3) is 42.0. The zero-order chi connectivity index (χ0) is 34.1. The van der Waals surface area contributed by atoms with Crippen LogP contribution in [-0.2, 0) is 0 Å². The normalized spacial score (nSPS) is 12.8. The molecule has 2 atom stereocenters. The average Bonchev–Trinajstić information content (AvgIpc) is 3.08. The molecule has 48 heavy (non-hydrogen) atoms. The first-order chi connectivity index (χ1) is 23.3. The Morgan fingerprint density at radius 2 is 0.375 bits per heavy atom. The minimum Gasteiger partial charge on any atom is -0.657 e. The Kier molecular flexibility index (Phi) is 50.2. The van der Waals surface area contributed by atoms with Crippen molar-refractivity contribution in [3.63, 3.8) is 0 Å². The summed E-state index contributed by atoms with van der Waals surface area (Å²) in [6.45, 7) is 9.31. The van der Waals surface area contributed by atoms with Gasteiger partial charge in [-0.1, -0.05) is 285 Å². The van der Waals surface area contributed by atoms with Gasteiger partial charge >= 0.3 is 51.4 Å². The fourth-order valence-corrected chi connectivity index (χ4v) is 7.65. The molecule has 0 amide bonds. The predicted molar refractivity (Wildman–Crippen MR) is 218 cm³/mol. The van der Waals surface area contributed by atoms with Crippen LogP contribution in [0.3, 0.4) is 0 Å². The topological polar surface area (TPSA) is 14.1 Å². The van der Waals surface area contributed by atoms with Crippen molar-refractivity contribution in [2.75, 3.05) is 0 Å². The average molecular weight is 700 g/mol. The minimum absolute atomic E-state index is 0. The molecule has 1 nitrogen and oxygen atoms in total. The smallest absolute Gasteiger partial charge is 0.657 e. The van der Waals surface area contributed by atoms with E-state index in [1.54, 1.807) is 0 Å². The van der Waals surface area contributed by atoms with E-state index in [1.807, 2.05) is 0 Å². The maximum Gasteiger partial charge on any atom is 1.00 e. The van der Waals surface area contributed by atoms with Gasteiger partial charge in [0.25, 0.3) is 0 Å². The first-order valence-electron chi connectivity index (χ1n) is 23.0. The van der Waals surface area contributed by atoms with Crippen LogP contribution in [0.2, 0.25) is 0 Å². The summed E-state index contributed by atoms with van der Waals surface area (Å²) in [6, 6.07) is 1.29. The molecule has 0 radical (unpaired) electrons. The molecule has 0 aliphatic carbocycles. The van der Waals surface area contributed by atoms with Crippen LogP contribution in [0, 0.1) is 0 Å². The van der Waals surface area contributed by atoms with Crippen LogP contribution in [0.4, 0.5) is 0 Å². The van der Waals surface area contributed by atoms with Crippen LogP contribution in [-0.4, -0.2) is 12.1 Å². The second-order valence-corrected chi connectivity index (χ2v) is 15.9. The maximum atomic E-state index is 5.74. The summed E-state index contributed by atoms with van der Waals surface area (Å²) in [5.41, 5.74) is 0. The predicted octanol–water partition coefficient (Wildman–Crippen LogP) is 14.8. The third-order valence-electron chi connectivity index (χ3n) is 11.0. The molecule has 2 unspecified atom stereocenters. The molecule has 0 N–H and O–H groups in total. The number of rotatable bonds is 42. The SMILES string of the molecule is CCCCCCCCCCCCCC(CCCCCCCCC)[N-]C(CCCCCCCCC)CCCCCCCCCCCCC.[K+]. The molecular weight excluding hydrogens is 606 g/mol. The molecule has 2 heteroatoms. The van der Waals surface area contributed by atoms with Crippen LogP contribution >= 0.6 is 0 Å². The van der Waals surface area contributed by atoms with Crippen molar-refractivity contribution in [3.8, 4) is 0 Å². The largest absolute Gasteiger partial charge is 1.00 e. The van der Waals surface area contributed by atoms with Crippen LogP contribution in [0.25, 0.3) is 5.32 Å². The Morgan fingerprint density at radius 1 is 0.229 bits per heavy atom. The summed E-state index contributed by atoms with van der Waals surface area (Å²) in [5.74, 6) is 0. The van der Waals surface area contributed by atoms with E-state index in [9.17, 15) is 0 Å². The van der Waals surface area contributed by atoms with Crippen molar-refractivity contribution < 1.29 is 51.4 Å². The molecule has 0 heterocycles. The Balaban J connectivity index is 0. The molecule has 0 aliphatic heterocycles. The van der Waals surface area contributed by atoms with Gasteiger partial charge in [0.15, 0.2) is 0 Å². The van der Waals surface area contributed by atoms with Gasteiger partial charge in [0.05, 0.1) is 0 Å². The first-order valence-corrected chi connectivity index (χ1v) is 23.0.